The highest BCUT2D eigenvalue weighted by Gasteiger charge is 2.36. The van der Waals surface area contributed by atoms with Crippen molar-refractivity contribution in [1.82, 2.24) is 4.98 Å². The van der Waals surface area contributed by atoms with E-state index in [4.69, 9.17) is 10.5 Å². The van der Waals surface area contributed by atoms with Gasteiger partial charge < -0.3 is 15.4 Å². The molecule has 2 aromatic carbocycles. The van der Waals surface area contributed by atoms with Crippen LogP contribution in [0.3, 0.4) is 0 Å². The number of carbonyl (C=O) groups excluding carboxylic acids is 1. The van der Waals surface area contributed by atoms with Crippen LogP contribution in [0.1, 0.15) is 36.9 Å². The summed E-state index contributed by atoms with van der Waals surface area (Å²) in [5.74, 6) is 3.65. The van der Waals surface area contributed by atoms with Crippen molar-refractivity contribution >= 4 is 27.9 Å². The number of hydrogen-bond acceptors (Lipinski definition) is 6. The van der Waals surface area contributed by atoms with E-state index in [-0.39, 0.29) is 17.3 Å². The number of carbonyl (C=O) groups is 1. The number of nitrogens with one attached hydrogen (secondary N) is 1. The Labute approximate surface area is 213 Å². The second kappa shape index (κ2) is 10.2. The lowest BCUT2D eigenvalue weighted by atomic mass is 10.0. The van der Waals surface area contributed by atoms with Crippen molar-refractivity contribution in [1.29, 1.82) is 0 Å². The summed E-state index contributed by atoms with van der Waals surface area (Å²) in [6.45, 7) is 1.73. The van der Waals surface area contributed by atoms with E-state index in [0.717, 1.165) is 31.0 Å². The summed E-state index contributed by atoms with van der Waals surface area (Å²) < 4.78 is 61.5. The summed E-state index contributed by atoms with van der Waals surface area (Å²) in [7, 11) is -3.24. The molecule has 0 spiro atoms. The van der Waals surface area contributed by atoms with Crippen molar-refractivity contribution in [3.63, 3.8) is 0 Å². The van der Waals surface area contributed by atoms with Crippen molar-refractivity contribution in [2.75, 3.05) is 16.7 Å². The molecule has 1 saturated carbocycles. The van der Waals surface area contributed by atoms with Crippen LogP contribution < -0.4 is 20.1 Å². The van der Waals surface area contributed by atoms with E-state index in [1.54, 1.807) is 25.1 Å². The Morgan fingerprint density at radius 3 is 2.57 bits per heavy atom. The van der Waals surface area contributed by atoms with E-state index in [9.17, 15) is 17.6 Å². The molecule has 0 radical (unpaired) electrons. The Hall–Kier alpha value is -4.01. The van der Waals surface area contributed by atoms with Crippen molar-refractivity contribution in [3.05, 3.63) is 77.5 Å². The normalized spacial score (nSPS) is 14.6. The van der Waals surface area contributed by atoms with Crippen molar-refractivity contribution in [2.45, 2.75) is 36.2 Å². The highest BCUT2D eigenvalue weighted by Crippen LogP contribution is 2.37. The standard InChI is InChI=1S/C26H24F2N4O4S/c1-17(19-6-3-5-18(13-19)9-10-26(29)11-12-26)32(16-33)21-14-20(27)23(15-22(21)36-2)37(34,35)31-25-8-4-7-24(28)30-25/h3-8,13-17H,11-12,29H2,1-2H3,(H,30,31)/t17-/m1/s1. The molecule has 4 rings (SSSR count). The summed E-state index contributed by atoms with van der Waals surface area (Å²) in [4.78, 5) is 16.0. The molecule has 0 unspecified atom stereocenters. The highest BCUT2D eigenvalue weighted by atomic mass is 32.2. The van der Waals surface area contributed by atoms with E-state index in [2.05, 4.69) is 16.8 Å². The van der Waals surface area contributed by atoms with E-state index < -0.39 is 38.3 Å². The van der Waals surface area contributed by atoms with Crippen LogP contribution in [0.15, 0.2) is 59.5 Å². The first-order valence-electron chi connectivity index (χ1n) is 11.2. The van der Waals surface area contributed by atoms with Gasteiger partial charge in [-0.3, -0.25) is 9.52 Å². The quantitative estimate of drug-likeness (QED) is 0.263. The van der Waals surface area contributed by atoms with Gasteiger partial charge in [-0.25, -0.2) is 17.8 Å². The number of benzene rings is 2. The van der Waals surface area contributed by atoms with Gasteiger partial charge in [0.2, 0.25) is 12.4 Å². The second-order valence-corrected chi connectivity index (χ2v) is 10.3. The molecule has 8 nitrogen and oxygen atoms in total. The fraction of sp³-hybridized carbons (Fsp3) is 0.231. The van der Waals surface area contributed by atoms with Gasteiger partial charge in [0.05, 0.1) is 24.4 Å². The van der Waals surface area contributed by atoms with Crippen molar-refractivity contribution < 1.29 is 26.7 Å². The summed E-state index contributed by atoms with van der Waals surface area (Å²) in [5, 5.41) is 0. The average Bonchev–Trinajstić information content (AvgIpc) is 3.60. The van der Waals surface area contributed by atoms with E-state index in [1.165, 1.54) is 24.1 Å². The number of amides is 1. The molecule has 192 valence electrons. The minimum absolute atomic E-state index is 0.0145. The zero-order valence-electron chi connectivity index (χ0n) is 20.0. The number of methoxy groups -OCH3 is 1. The van der Waals surface area contributed by atoms with Gasteiger partial charge in [-0.15, -0.1) is 0 Å². The Kier molecular flexibility index (Phi) is 7.16. The molecule has 1 aromatic heterocycles. The first-order chi connectivity index (χ1) is 17.5. The van der Waals surface area contributed by atoms with Gasteiger partial charge in [0.1, 0.15) is 22.3 Å². The topological polar surface area (TPSA) is 115 Å². The van der Waals surface area contributed by atoms with E-state index in [0.29, 0.717) is 17.5 Å². The molecule has 1 fully saturated rings. The number of aromatic nitrogens is 1. The predicted octanol–water partition coefficient (Wildman–Crippen LogP) is 3.74. The van der Waals surface area contributed by atoms with Gasteiger partial charge in [0.15, 0.2) is 0 Å². The number of pyridine rings is 1. The van der Waals surface area contributed by atoms with Crippen LogP contribution >= 0.6 is 0 Å². The number of rotatable bonds is 8. The lowest BCUT2D eigenvalue weighted by Crippen LogP contribution is -2.26. The molecule has 3 aromatic rings. The van der Waals surface area contributed by atoms with Crippen LogP contribution in [0.2, 0.25) is 0 Å². The zero-order valence-corrected chi connectivity index (χ0v) is 20.9. The lowest BCUT2D eigenvalue weighted by Gasteiger charge is -2.27. The van der Waals surface area contributed by atoms with E-state index >= 15 is 4.39 Å². The third kappa shape index (κ3) is 5.87. The first kappa shape index (κ1) is 26.1. The van der Waals surface area contributed by atoms with Gasteiger partial charge in [0.25, 0.3) is 10.0 Å². The average molecular weight is 527 g/mol. The molecule has 1 amide bonds. The molecule has 0 aliphatic heterocycles. The highest BCUT2D eigenvalue weighted by molar-refractivity contribution is 7.92. The zero-order chi connectivity index (χ0) is 26.8. The van der Waals surface area contributed by atoms with Crippen LogP contribution in [-0.2, 0) is 14.8 Å². The van der Waals surface area contributed by atoms with Crippen LogP contribution in [0.25, 0.3) is 0 Å². The predicted molar refractivity (Wildman–Crippen MR) is 134 cm³/mol. The number of nitrogens with two attached hydrogens (primary N) is 1. The number of hydrogen-bond donors (Lipinski definition) is 2. The number of sulfonamides is 1. The summed E-state index contributed by atoms with van der Waals surface area (Å²) in [6, 6.07) is 12.0. The summed E-state index contributed by atoms with van der Waals surface area (Å²) >= 11 is 0. The third-order valence-electron chi connectivity index (χ3n) is 5.90. The molecular formula is C26H24F2N4O4S. The van der Waals surface area contributed by atoms with Gasteiger partial charge in [-0.2, -0.15) is 4.39 Å². The maximum Gasteiger partial charge on any atom is 0.266 e. The minimum atomic E-state index is -4.50. The molecule has 0 bridgehead atoms. The molecule has 0 saturated heterocycles. The maximum absolute atomic E-state index is 15.1. The number of anilines is 2. The van der Waals surface area contributed by atoms with Gasteiger partial charge in [-0.05, 0) is 49.6 Å². The number of ether oxygens (including phenoxy) is 1. The largest absolute Gasteiger partial charge is 0.495 e. The van der Waals surface area contributed by atoms with Gasteiger partial charge >= 0.3 is 0 Å². The minimum Gasteiger partial charge on any atom is -0.495 e. The first-order valence-corrected chi connectivity index (χ1v) is 12.7. The molecule has 1 aliphatic carbocycles. The Bertz CT molecular complexity index is 1510. The number of halogens is 2. The maximum atomic E-state index is 15.1. The van der Waals surface area contributed by atoms with E-state index in [1.807, 2.05) is 10.8 Å². The Morgan fingerprint density at radius 1 is 1.19 bits per heavy atom. The third-order valence-corrected chi connectivity index (χ3v) is 7.27. The second-order valence-electron chi connectivity index (χ2n) is 8.63. The molecule has 3 N–H and O–H groups in total. The summed E-state index contributed by atoms with van der Waals surface area (Å²) in [6.07, 6.45) is 2.20. The Morgan fingerprint density at radius 2 is 1.92 bits per heavy atom. The van der Waals surface area contributed by atoms with Crippen LogP contribution in [0, 0.1) is 23.6 Å². The monoisotopic (exact) mass is 526 g/mol. The van der Waals surface area contributed by atoms with Gasteiger partial charge in [0, 0.05) is 17.7 Å². The molecule has 37 heavy (non-hydrogen) atoms. The number of nitrogens with zero attached hydrogens (tertiary/aromatic N) is 2. The van der Waals surface area contributed by atoms with Crippen molar-refractivity contribution in [3.8, 4) is 17.6 Å². The molecule has 1 aliphatic rings. The van der Waals surface area contributed by atoms with Crippen LogP contribution in [0.4, 0.5) is 20.3 Å². The van der Waals surface area contributed by atoms with Crippen molar-refractivity contribution in [2.24, 2.45) is 5.73 Å². The molecule has 1 heterocycles. The summed E-state index contributed by atoms with van der Waals surface area (Å²) in [5.41, 5.74) is 7.02. The smallest absolute Gasteiger partial charge is 0.266 e. The molecule has 1 atom stereocenters. The van der Waals surface area contributed by atoms with Gasteiger partial charge in [-0.1, -0.05) is 30.0 Å². The molecule has 11 heteroatoms. The van der Waals surface area contributed by atoms with Crippen LogP contribution in [-0.4, -0.2) is 32.5 Å². The fourth-order valence-electron chi connectivity index (χ4n) is 3.60. The SMILES string of the molecule is COc1cc(S(=O)(=O)Nc2cccc(F)n2)c(F)cc1N(C=O)[C@H](C)c1cccc(C#CC2(N)CC2)c1. The fourth-order valence-corrected chi connectivity index (χ4v) is 4.68. The van der Waals surface area contributed by atoms with Crippen LogP contribution in [0.5, 0.6) is 5.75 Å². The molecular weight excluding hydrogens is 502 g/mol. The Balaban J connectivity index is 1.66. The lowest BCUT2D eigenvalue weighted by molar-refractivity contribution is -0.107.